The van der Waals surface area contributed by atoms with Crippen LogP contribution in [0.15, 0.2) is 48.5 Å². The van der Waals surface area contributed by atoms with Crippen LogP contribution in [0.1, 0.15) is 44.2 Å². The number of rotatable bonds is 13. The molecule has 0 radical (unpaired) electrons. The second-order valence-corrected chi connectivity index (χ2v) is 8.98. The number of nitrogens with one attached hydrogen (secondary N) is 1. The smallest absolute Gasteiger partial charge is 0.223 e. The number of halogens is 1. The van der Waals surface area contributed by atoms with Gasteiger partial charge in [-0.1, -0.05) is 42.5 Å². The summed E-state index contributed by atoms with van der Waals surface area (Å²) in [6.07, 6.45) is 0.264. The number of methoxy groups -OCH3 is 2. The standard InChI is InChI=1S/C26H37FN2O4/c1-26(2,27)14-13-19(16-22(30)21(28)15-18-9-6-5-7-10-18)25(31)29-17-20-11-8-12-23(32-3)24(20)33-4/h5-12,19,21-22,30H,13-17,28H2,1-4H3,(H,29,31)/t19-,21+,22+/m1/s1. The minimum atomic E-state index is -1.41. The number of alkyl halides is 1. The maximum Gasteiger partial charge on any atom is 0.223 e. The molecule has 4 N–H and O–H groups in total. The Labute approximate surface area is 196 Å². The third kappa shape index (κ3) is 8.67. The fraction of sp³-hybridized carbons (Fsp3) is 0.500. The van der Waals surface area contributed by atoms with Crippen LogP contribution in [0.2, 0.25) is 0 Å². The Hall–Kier alpha value is -2.64. The van der Waals surface area contributed by atoms with Crippen molar-refractivity contribution in [2.24, 2.45) is 11.7 Å². The molecule has 0 heterocycles. The number of aliphatic hydroxyl groups is 1. The van der Waals surface area contributed by atoms with Crippen LogP contribution in [0.5, 0.6) is 11.5 Å². The molecule has 2 aromatic carbocycles. The van der Waals surface area contributed by atoms with E-state index in [0.29, 0.717) is 24.3 Å². The van der Waals surface area contributed by atoms with E-state index in [1.165, 1.54) is 13.8 Å². The molecule has 0 saturated carbocycles. The van der Waals surface area contributed by atoms with Gasteiger partial charge in [0.25, 0.3) is 0 Å². The van der Waals surface area contributed by atoms with Crippen molar-refractivity contribution >= 4 is 5.91 Å². The van der Waals surface area contributed by atoms with Gasteiger partial charge in [-0.15, -0.1) is 0 Å². The van der Waals surface area contributed by atoms with E-state index in [4.69, 9.17) is 15.2 Å². The maximum atomic E-state index is 14.2. The predicted molar refractivity (Wildman–Crippen MR) is 128 cm³/mol. The molecule has 7 heteroatoms. The highest BCUT2D eigenvalue weighted by molar-refractivity contribution is 5.78. The Balaban J connectivity index is 2.06. The van der Waals surface area contributed by atoms with Crippen molar-refractivity contribution in [1.29, 1.82) is 0 Å². The number of ether oxygens (including phenoxy) is 2. The van der Waals surface area contributed by atoms with Crippen molar-refractivity contribution < 1.29 is 23.8 Å². The fourth-order valence-electron chi connectivity index (χ4n) is 3.78. The molecule has 0 fully saturated rings. The topological polar surface area (TPSA) is 93.8 Å². The van der Waals surface area contributed by atoms with E-state index in [-0.39, 0.29) is 25.3 Å². The zero-order valence-electron chi connectivity index (χ0n) is 20.0. The van der Waals surface area contributed by atoms with Gasteiger partial charge in [-0.05, 0) is 51.2 Å². The molecule has 6 nitrogen and oxygen atoms in total. The number of benzene rings is 2. The molecule has 0 spiro atoms. The van der Waals surface area contributed by atoms with Crippen molar-refractivity contribution in [3.8, 4) is 11.5 Å². The summed E-state index contributed by atoms with van der Waals surface area (Å²) in [4.78, 5) is 13.0. The van der Waals surface area contributed by atoms with Crippen LogP contribution in [0.4, 0.5) is 4.39 Å². The van der Waals surface area contributed by atoms with Crippen LogP contribution >= 0.6 is 0 Å². The number of nitrogens with two attached hydrogens (primary N) is 1. The van der Waals surface area contributed by atoms with Gasteiger partial charge in [0.2, 0.25) is 5.91 Å². The lowest BCUT2D eigenvalue weighted by atomic mass is 9.88. The average molecular weight is 461 g/mol. The van der Waals surface area contributed by atoms with Crippen molar-refractivity contribution in [1.82, 2.24) is 5.32 Å². The monoisotopic (exact) mass is 460 g/mol. The molecule has 0 aromatic heterocycles. The fourth-order valence-corrected chi connectivity index (χ4v) is 3.78. The summed E-state index contributed by atoms with van der Waals surface area (Å²) < 4.78 is 24.9. The molecule has 3 atom stereocenters. The zero-order valence-corrected chi connectivity index (χ0v) is 20.0. The molecule has 0 aliphatic heterocycles. The molecule has 182 valence electrons. The summed E-state index contributed by atoms with van der Waals surface area (Å²) in [5, 5.41) is 13.6. The third-order valence-electron chi connectivity index (χ3n) is 5.73. The number of hydrogen-bond donors (Lipinski definition) is 3. The Morgan fingerprint density at radius 3 is 2.42 bits per heavy atom. The normalized spacial score (nSPS) is 14.3. The van der Waals surface area contributed by atoms with E-state index < -0.39 is 23.7 Å². The van der Waals surface area contributed by atoms with Crippen LogP contribution in [0, 0.1) is 5.92 Å². The summed E-state index contributed by atoms with van der Waals surface area (Å²) in [6.45, 7) is 3.20. The largest absolute Gasteiger partial charge is 0.493 e. The quantitative estimate of drug-likeness (QED) is 0.423. The van der Waals surface area contributed by atoms with Crippen molar-refractivity contribution in [3.63, 3.8) is 0 Å². The second-order valence-electron chi connectivity index (χ2n) is 8.98. The van der Waals surface area contributed by atoms with Gasteiger partial charge in [0.1, 0.15) is 5.67 Å². The molecule has 33 heavy (non-hydrogen) atoms. The van der Waals surface area contributed by atoms with Crippen molar-refractivity contribution in [3.05, 3.63) is 59.7 Å². The first-order valence-corrected chi connectivity index (χ1v) is 11.3. The molecule has 0 unspecified atom stereocenters. The second kappa shape index (κ2) is 12.6. The van der Waals surface area contributed by atoms with Gasteiger partial charge in [0, 0.05) is 24.1 Å². The summed E-state index contributed by atoms with van der Waals surface area (Å²) >= 11 is 0. The molecule has 2 aromatic rings. The number of carbonyl (C=O) groups excluding carboxylic acids is 1. The van der Waals surface area contributed by atoms with Gasteiger partial charge in [0.15, 0.2) is 11.5 Å². The minimum absolute atomic E-state index is 0.158. The lowest BCUT2D eigenvalue weighted by Crippen LogP contribution is -2.41. The lowest BCUT2D eigenvalue weighted by Gasteiger charge is -2.26. The van der Waals surface area contributed by atoms with Crippen molar-refractivity contribution in [2.75, 3.05) is 14.2 Å². The SMILES string of the molecule is COc1cccc(CNC(=O)[C@H](CCC(C)(C)F)C[C@H](O)[C@@H](N)Cc2ccccc2)c1OC. The number of amides is 1. The summed E-state index contributed by atoms with van der Waals surface area (Å²) in [7, 11) is 3.09. The first-order chi connectivity index (χ1) is 15.6. The van der Waals surface area contributed by atoms with Crippen LogP contribution in [-0.2, 0) is 17.8 Å². The van der Waals surface area contributed by atoms with Crippen LogP contribution in [-0.4, -0.2) is 43.0 Å². The predicted octanol–water partition coefficient (Wildman–Crippen LogP) is 3.79. The third-order valence-corrected chi connectivity index (χ3v) is 5.73. The van der Waals surface area contributed by atoms with Crippen LogP contribution < -0.4 is 20.5 Å². The first kappa shape index (κ1) is 26.6. The maximum absolute atomic E-state index is 14.2. The van der Waals surface area contributed by atoms with E-state index in [0.717, 1.165) is 11.1 Å². The van der Waals surface area contributed by atoms with Gasteiger partial charge >= 0.3 is 0 Å². The first-order valence-electron chi connectivity index (χ1n) is 11.3. The molecular formula is C26H37FN2O4. The van der Waals surface area contributed by atoms with E-state index in [1.54, 1.807) is 20.3 Å². The number of aliphatic hydroxyl groups excluding tert-OH is 1. The highest BCUT2D eigenvalue weighted by Gasteiger charge is 2.28. The Kier molecular flexibility index (Phi) is 10.1. The zero-order chi connectivity index (χ0) is 24.4. The number of para-hydroxylation sites is 1. The van der Waals surface area contributed by atoms with E-state index in [2.05, 4.69) is 5.32 Å². The number of hydrogen-bond acceptors (Lipinski definition) is 5. The van der Waals surface area contributed by atoms with Gasteiger partial charge in [-0.25, -0.2) is 4.39 Å². The molecule has 0 bridgehead atoms. The van der Waals surface area contributed by atoms with Gasteiger partial charge < -0.3 is 25.6 Å². The summed E-state index contributed by atoms with van der Waals surface area (Å²) in [5.41, 5.74) is 6.59. The molecule has 2 rings (SSSR count). The highest BCUT2D eigenvalue weighted by atomic mass is 19.1. The Morgan fingerprint density at radius 1 is 1.12 bits per heavy atom. The van der Waals surface area contributed by atoms with E-state index in [9.17, 15) is 14.3 Å². The minimum Gasteiger partial charge on any atom is -0.493 e. The molecule has 1 amide bonds. The lowest BCUT2D eigenvalue weighted by molar-refractivity contribution is -0.126. The van der Waals surface area contributed by atoms with Gasteiger partial charge in [-0.3, -0.25) is 4.79 Å². The van der Waals surface area contributed by atoms with Crippen LogP contribution in [0.3, 0.4) is 0 Å². The molecule has 0 saturated heterocycles. The van der Waals surface area contributed by atoms with Gasteiger partial charge in [0.05, 0.1) is 20.3 Å². The summed E-state index contributed by atoms with van der Waals surface area (Å²) in [6, 6.07) is 14.6. The molecule has 0 aliphatic rings. The number of carbonyl (C=O) groups is 1. The van der Waals surface area contributed by atoms with E-state index >= 15 is 0 Å². The van der Waals surface area contributed by atoms with E-state index in [1.807, 2.05) is 42.5 Å². The Morgan fingerprint density at radius 2 is 1.82 bits per heavy atom. The van der Waals surface area contributed by atoms with Crippen molar-refractivity contribution in [2.45, 2.75) is 63.9 Å². The Bertz CT molecular complexity index is 870. The van der Waals surface area contributed by atoms with Crippen LogP contribution in [0.25, 0.3) is 0 Å². The highest BCUT2D eigenvalue weighted by Crippen LogP contribution is 2.31. The summed E-state index contributed by atoms with van der Waals surface area (Å²) in [5.74, 6) is 0.289. The molecule has 0 aliphatic carbocycles. The van der Waals surface area contributed by atoms with Gasteiger partial charge in [-0.2, -0.15) is 0 Å². The average Bonchev–Trinajstić information content (AvgIpc) is 2.79. The molecular weight excluding hydrogens is 423 g/mol.